The van der Waals surface area contributed by atoms with Crippen molar-refractivity contribution in [2.75, 3.05) is 24.6 Å². The molecule has 0 aromatic heterocycles. The molecule has 2 fully saturated rings. The summed E-state index contributed by atoms with van der Waals surface area (Å²) in [6, 6.07) is 7.90. The summed E-state index contributed by atoms with van der Waals surface area (Å²) in [5.41, 5.74) is 0.796. The van der Waals surface area contributed by atoms with Crippen LogP contribution in [0.1, 0.15) is 35.2 Å². The largest absolute Gasteiger partial charge is 0.347 e. The lowest BCUT2D eigenvalue weighted by Crippen LogP contribution is -2.52. The van der Waals surface area contributed by atoms with Crippen LogP contribution in [-0.4, -0.2) is 55.9 Å². The molecule has 128 valence electrons. The summed E-state index contributed by atoms with van der Waals surface area (Å²) in [6.07, 6.45) is 3.32. The van der Waals surface area contributed by atoms with Crippen molar-refractivity contribution >= 4 is 15.7 Å². The molecule has 0 spiro atoms. The molecule has 24 heavy (non-hydrogen) atoms. The second kappa shape index (κ2) is 6.91. The Labute approximate surface area is 142 Å². The fraction of sp³-hybridized carbons (Fsp3) is 0.529. The van der Waals surface area contributed by atoms with Gasteiger partial charge in [-0.2, -0.15) is 5.26 Å². The van der Waals surface area contributed by atoms with Gasteiger partial charge in [-0.1, -0.05) is 12.5 Å². The van der Waals surface area contributed by atoms with Crippen molar-refractivity contribution in [1.29, 1.82) is 5.26 Å². The molecule has 2 unspecified atom stereocenters. The van der Waals surface area contributed by atoms with E-state index in [0.29, 0.717) is 11.1 Å². The average molecular weight is 347 g/mol. The van der Waals surface area contributed by atoms with E-state index in [9.17, 15) is 13.2 Å². The molecular weight excluding hydrogens is 326 g/mol. The minimum atomic E-state index is -3.14. The van der Waals surface area contributed by atoms with Gasteiger partial charge < -0.3 is 5.32 Å². The standard InChI is InChI=1S/C17H21N3O3S/c18-10-13-5-4-6-14(9-13)17(21)19-15-11-24(22,23)12-16(15)20-7-2-1-3-8-20/h4-6,9,15-16H,1-3,7-8,11-12H2,(H,19,21). The Morgan fingerprint density at radius 3 is 2.67 bits per heavy atom. The number of nitrogens with one attached hydrogen (secondary N) is 1. The van der Waals surface area contributed by atoms with Crippen molar-refractivity contribution in [3.05, 3.63) is 35.4 Å². The van der Waals surface area contributed by atoms with E-state index in [-0.39, 0.29) is 23.5 Å². The molecule has 6 nitrogen and oxygen atoms in total. The first-order valence-electron chi connectivity index (χ1n) is 8.24. The van der Waals surface area contributed by atoms with Crippen LogP contribution in [-0.2, 0) is 9.84 Å². The minimum Gasteiger partial charge on any atom is -0.347 e. The molecule has 2 aliphatic heterocycles. The van der Waals surface area contributed by atoms with Gasteiger partial charge in [0.25, 0.3) is 5.91 Å². The minimum absolute atomic E-state index is 0.0160. The third kappa shape index (κ3) is 3.77. The van der Waals surface area contributed by atoms with E-state index in [1.165, 1.54) is 12.5 Å². The number of hydrogen-bond acceptors (Lipinski definition) is 5. The molecule has 0 bridgehead atoms. The maximum absolute atomic E-state index is 12.5. The molecule has 0 radical (unpaired) electrons. The molecule has 7 heteroatoms. The fourth-order valence-electron chi connectivity index (χ4n) is 3.56. The van der Waals surface area contributed by atoms with Gasteiger partial charge in [0.15, 0.2) is 9.84 Å². The number of rotatable bonds is 3. The monoisotopic (exact) mass is 347 g/mol. The normalized spacial score (nSPS) is 26.6. The molecule has 2 atom stereocenters. The van der Waals surface area contributed by atoms with Crippen LogP contribution in [0.3, 0.4) is 0 Å². The lowest BCUT2D eigenvalue weighted by Gasteiger charge is -2.35. The van der Waals surface area contributed by atoms with Gasteiger partial charge in [-0.3, -0.25) is 9.69 Å². The number of nitrogens with zero attached hydrogens (tertiary/aromatic N) is 2. The lowest BCUT2D eigenvalue weighted by atomic mass is 10.0. The summed E-state index contributed by atoms with van der Waals surface area (Å²) in [7, 11) is -3.14. The fourth-order valence-corrected chi connectivity index (χ4v) is 5.51. The number of benzene rings is 1. The van der Waals surface area contributed by atoms with Crippen LogP contribution in [0.5, 0.6) is 0 Å². The zero-order valence-electron chi connectivity index (χ0n) is 13.4. The summed E-state index contributed by atoms with van der Waals surface area (Å²) in [5, 5.41) is 11.8. The summed E-state index contributed by atoms with van der Waals surface area (Å²) < 4.78 is 24.2. The van der Waals surface area contributed by atoms with Crippen molar-refractivity contribution in [3.8, 4) is 6.07 Å². The van der Waals surface area contributed by atoms with Gasteiger partial charge in [0.1, 0.15) is 0 Å². The predicted molar refractivity (Wildman–Crippen MR) is 90.3 cm³/mol. The molecule has 2 saturated heterocycles. The number of piperidine rings is 1. The van der Waals surface area contributed by atoms with Gasteiger partial charge >= 0.3 is 0 Å². The molecule has 0 saturated carbocycles. The van der Waals surface area contributed by atoms with Gasteiger partial charge in [0.05, 0.1) is 29.2 Å². The second-order valence-corrected chi connectivity index (χ2v) is 8.67. The van der Waals surface area contributed by atoms with Crippen molar-refractivity contribution in [2.24, 2.45) is 0 Å². The Morgan fingerprint density at radius 1 is 1.21 bits per heavy atom. The van der Waals surface area contributed by atoms with Gasteiger partial charge in [0.2, 0.25) is 0 Å². The number of sulfone groups is 1. The first-order chi connectivity index (χ1) is 11.5. The van der Waals surface area contributed by atoms with Crippen molar-refractivity contribution in [2.45, 2.75) is 31.3 Å². The first kappa shape index (κ1) is 16.9. The highest BCUT2D eigenvalue weighted by atomic mass is 32.2. The molecule has 2 aliphatic rings. The molecule has 2 heterocycles. The Hall–Kier alpha value is -1.91. The van der Waals surface area contributed by atoms with Crippen molar-refractivity contribution in [3.63, 3.8) is 0 Å². The van der Waals surface area contributed by atoms with Crippen LogP contribution >= 0.6 is 0 Å². The van der Waals surface area contributed by atoms with E-state index >= 15 is 0 Å². The van der Waals surface area contributed by atoms with Crippen LogP contribution in [0.15, 0.2) is 24.3 Å². The topological polar surface area (TPSA) is 90.3 Å². The second-order valence-electron chi connectivity index (χ2n) is 6.51. The predicted octanol–water partition coefficient (Wildman–Crippen LogP) is 0.940. The molecule has 3 rings (SSSR count). The van der Waals surface area contributed by atoms with Crippen LogP contribution < -0.4 is 5.32 Å². The van der Waals surface area contributed by atoms with E-state index in [1.807, 2.05) is 6.07 Å². The lowest BCUT2D eigenvalue weighted by molar-refractivity contribution is 0.0900. The van der Waals surface area contributed by atoms with Gasteiger partial charge in [0, 0.05) is 11.6 Å². The zero-order valence-corrected chi connectivity index (χ0v) is 14.3. The Balaban J connectivity index is 1.75. The van der Waals surface area contributed by atoms with Crippen LogP contribution in [0, 0.1) is 11.3 Å². The summed E-state index contributed by atoms with van der Waals surface area (Å²) in [5.74, 6) is -0.232. The molecule has 1 N–H and O–H groups in total. The average Bonchev–Trinajstić information content (AvgIpc) is 2.90. The van der Waals surface area contributed by atoms with Crippen LogP contribution in [0.4, 0.5) is 0 Å². The highest BCUT2D eigenvalue weighted by molar-refractivity contribution is 7.91. The molecule has 1 aromatic rings. The summed E-state index contributed by atoms with van der Waals surface area (Å²) in [4.78, 5) is 14.7. The highest BCUT2D eigenvalue weighted by Gasteiger charge is 2.41. The highest BCUT2D eigenvalue weighted by Crippen LogP contribution is 2.22. The van der Waals surface area contributed by atoms with E-state index in [2.05, 4.69) is 10.2 Å². The maximum atomic E-state index is 12.5. The molecule has 0 aliphatic carbocycles. The smallest absolute Gasteiger partial charge is 0.251 e. The SMILES string of the molecule is N#Cc1cccc(C(=O)NC2CS(=O)(=O)CC2N2CCCCC2)c1. The maximum Gasteiger partial charge on any atom is 0.251 e. The Bertz CT molecular complexity index is 764. The quantitative estimate of drug-likeness (QED) is 0.879. The van der Waals surface area contributed by atoms with E-state index in [4.69, 9.17) is 5.26 Å². The number of carbonyl (C=O) groups is 1. The van der Waals surface area contributed by atoms with Gasteiger partial charge in [-0.15, -0.1) is 0 Å². The first-order valence-corrected chi connectivity index (χ1v) is 10.1. The van der Waals surface area contributed by atoms with Crippen molar-refractivity contribution < 1.29 is 13.2 Å². The van der Waals surface area contributed by atoms with E-state index < -0.39 is 15.9 Å². The molecule has 1 aromatic carbocycles. The summed E-state index contributed by atoms with van der Waals surface area (Å²) in [6.45, 7) is 1.77. The van der Waals surface area contributed by atoms with Gasteiger partial charge in [-0.05, 0) is 44.1 Å². The van der Waals surface area contributed by atoms with Crippen molar-refractivity contribution in [1.82, 2.24) is 10.2 Å². The number of likely N-dealkylation sites (tertiary alicyclic amines) is 1. The van der Waals surface area contributed by atoms with E-state index in [0.717, 1.165) is 25.9 Å². The Morgan fingerprint density at radius 2 is 1.96 bits per heavy atom. The number of carbonyl (C=O) groups excluding carboxylic acids is 1. The van der Waals surface area contributed by atoms with Crippen LogP contribution in [0.25, 0.3) is 0 Å². The number of amides is 1. The van der Waals surface area contributed by atoms with Gasteiger partial charge in [-0.25, -0.2) is 8.42 Å². The third-order valence-electron chi connectivity index (χ3n) is 4.75. The number of nitriles is 1. The molecular formula is C17H21N3O3S. The molecule has 1 amide bonds. The summed E-state index contributed by atoms with van der Waals surface area (Å²) >= 11 is 0. The van der Waals surface area contributed by atoms with E-state index in [1.54, 1.807) is 18.2 Å². The Kier molecular flexibility index (Phi) is 4.88. The zero-order chi connectivity index (χ0) is 17.2. The number of hydrogen-bond donors (Lipinski definition) is 1. The van der Waals surface area contributed by atoms with Crippen LogP contribution in [0.2, 0.25) is 0 Å². The third-order valence-corrected chi connectivity index (χ3v) is 6.47.